The fourth-order valence-electron chi connectivity index (χ4n) is 3.52. The fraction of sp³-hybridized carbons (Fsp3) is 0.240. The molecule has 2 heterocycles. The molecule has 7 heteroatoms. The summed E-state index contributed by atoms with van der Waals surface area (Å²) in [7, 11) is 0. The van der Waals surface area contributed by atoms with Crippen molar-refractivity contribution in [1.82, 2.24) is 9.97 Å². The number of hydrogen-bond acceptors (Lipinski definition) is 5. The highest BCUT2D eigenvalue weighted by Gasteiger charge is 2.36. The number of anilines is 1. The van der Waals surface area contributed by atoms with Gasteiger partial charge in [0.2, 0.25) is 0 Å². The highest BCUT2D eigenvalue weighted by molar-refractivity contribution is 7.22. The number of carbonyl (C=O) groups is 1. The average Bonchev–Trinajstić information content (AvgIpc) is 3.18. The Morgan fingerprint density at radius 1 is 1.12 bits per heavy atom. The lowest BCUT2D eigenvalue weighted by Crippen LogP contribution is -2.49. The van der Waals surface area contributed by atoms with Gasteiger partial charge in [0, 0.05) is 11.2 Å². The standard InChI is InChI=1S/C25H24ClN3O2S/c1-16-13-17(2)22-21(14-16)32-24(28-22)29(15-19-7-5-6-12-27-19)23(30)25(3,4)31-20-10-8-18(26)9-11-20/h5-14H,15H2,1-4H3. The second-order valence-electron chi connectivity index (χ2n) is 8.20. The van der Waals surface area contributed by atoms with E-state index >= 15 is 0 Å². The van der Waals surface area contributed by atoms with E-state index < -0.39 is 5.60 Å². The minimum absolute atomic E-state index is 0.202. The van der Waals surface area contributed by atoms with Gasteiger partial charge in [-0.25, -0.2) is 4.98 Å². The number of aryl methyl sites for hydroxylation is 2. The Morgan fingerprint density at radius 3 is 2.56 bits per heavy atom. The molecule has 0 radical (unpaired) electrons. The maximum Gasteiger partial charge on any atom is 0.272 e. The number of benzene rings is 2. The number of rotatable bonds is 6. The van der Waals surface area contributed by atoms with E-state index in [0.29, 0.717) is 22.4 Å². The molecule has 5 nitrogen and oxygen atoms in total. The molecule has 32 heavy (non-hydrogen) atoms. The van der Waals surface area contributed by atoms with Gasteiger partial charge in [-0.1, -0.05) is 35.1 Å². The van der Waals surface area contributed by atoms with Crippen molar-refractivity contribution in [2.24, 2.45) is 0 Å². The zero-order valence-electron chi connectivity index (χ0n) is 18.4. The Balaban J connectivity index is 1.72. The number of carbonyl (C=O) groups excluding carboxylic acids is 1. The third-order valence-electron chi connectivity index (χ3n) is 5.04. The number of amides is 1. The smallest absolute Gasteiger partial charge is 0.272 e. The molecule has 0 unspecified atom stereocenters. The van der Waals surface area contributed by atoms with Gasteiger partial charge < -0.3 is 4.74 Å². The molecule has 0 saturated carbocycles. The van der Waals surface area contributed by atoms with Crippen LogP contribution in [0.25, 0.3) is 10.2 Å². The number of hydrogen-bond donors (Lipinski definition) is 0. The summed E-state index contributed by atoms with van der Waals surface area (Å²) in [5.41, 5.74) is 2.80. The summed E-state index contributed by atoms with van der Waals surface area (Å²) in [4.78, 5) is 24.7. The van der Waals surface area contributed by atoms with Crippen molar-refractivity contribution < 1.29 is 9.53 Å². The van der Waals surface area contributed by atoms with Crippen LogP contribution in [0.1, 0.15) is 30.7 Å². The first-order valence-electron chi connectivity index (χ1n) is 10.3. The Bertz CT molecular complexity index is 1250. The zero-order chi connectivity index (χ0) is 22.9. The maximum absolute atomic E-state index is 13.8. The van der Waals surface area contributed by atoms with Crippen LogP contribution in [-0.2, 0) is 11.3 Å². The number of ether oxygens (including phenoxy) is 1. The van der Waals surface area contributed by atoms with E-state index in [2.05, 4.69) is 24.0 Å². The highest BCUT2D eigenvalue weighted by atomic mass is 35.5. The normalized spacial score (nSPS) is 11.5. The van der Waals surface area contributed by atoms with Gasteiger partial charge in [0.05, 0.1) is 22.5 Å². The predicted molar refractivity (Wildman–Crippen MR) is 131 cm³/mol. The van der Waals surface area contributed by atoms with Gasteiger partial charge in [-0.15, -0.1) is 0 Å². The zero-order valence-corrected chi connectivity index (χ0v) is 20.0. The molecule has 0 aliphatic heterocycles. The number of aromatic nitrogens is 2. The minimum atomic E-state index is -1.13. The second kappa shape index (κ2) is 8.88. The molecule has 0 spiro atoms. The molecule has 0 bridgehead atoms. The fourth-order valence-corrected chi connectivity index (χ4v) is 4.79. The molecule has 0 aliphatic rings. The van der Waals surface area contributed by atoms with Gasteiger partial charge in [0.1, 0.15) is 5.75 Å². The SMILES string of the molecule is Cc1cc(C)c2nc(N(Cc3ccccn3)C(=O)C(C)(C)Oc3ccc(Cl)cc3)sc2c1. The largest absolute Gasteiger partial charge is 0.478 e. The van der Waals surface area contributed by atoms with E-state index in [-0.39, 0.29) is 5.91 Å². The Morgan fingerprint density at radius 2 is 1.88 bits per heavy atom. The van der Waals surface area contributed by atoms with Crippen LogP contribution in [0.5, 0.6) is 5.75 Å². The predicted octanol–water partition coefficient (Wildman–Crippen LogP) is 6.35. The number of fused-ring (bicyclic) bond motifs is 1. The van der Waals surface area contributed by atoms with E-state index in [0.717, 1.165) is 21.5 Å². The quantitative estimate of drug-likeness (QED) is 0.333. The summed E-state index contributed by atoms with van der Waals surface area (Å²) < 4.78 is 7.13. The van der Waals surface area contributed by atoms with Gasteiger partial charge >= 0.3 is 0 Å². The average molecular weight is 466 g/mol. The summed E-state index contributed by atoms with van der Waals surface area (Å²) in [6, 6.07) is 16.8. The van der Waals surface area contributed by atoms with Crippen molar-refractivity contribution in [2.45, 2.75) is 39.8 Å². The monoisotopic (exact) mass is 465 g/mol. The molecule has 4 aromatic rings. The molecule has 0 N–H and O–H groups in total. The van der Waals surface area contributed by atoms with Crippen molar-refractivity contribution in [3.05, 3.63) is 82.6 Å². The lowest BCUT2D eigenvalue weighted by Gasteiger charge is -2.31. The lowest BCUT2D eigenvalue weighted by molar-refractivity contribution is -0.131. The molecule has 2 aromatic carbocycles. The van der Waals surface area contributed by atoms with Crippen LogP contribution < -0.4 is 9.64 Å². The first kappa shape index (κ1) is 22.2. The number of thiazole rings is 1. The van der Waals surface area contributed by atoms with Crippen LogP contribution >= 0.6 is 22.9 Å². The Kier molecular flexibility index (Phi) is 6.17. The topological polar surface area (TPSA) is 55.3 Å². The van der Waals surface area contributed by atoms with Crippen molar-refractivity contribution in [1.29, 1.82) is 0 Å². The van der Waals surface area contributed by atoms with Gasteiger partial charge in [-0.3, -0.25) is 14.7 Å². The molecular formula is C25H24ClN3O2S. The van der Waals surface area contributed by atoms with Gasteiger partial charge in [-0.05, 0) is 81.3 Å². The summed E-state index contributed by atoms with van der Waals surface area (Å²) in [5.74, 6) is 0.368. The lowest BCUT2D eigenvalue weighted by atomic mass is 10.1. The molecule has 0 fully saturated rings. The first-order chi connectivity index (χ1) is 15.2. The molecule has 2 aromatic heterocycles. The van der Waals surface area contributed by atoms with Crippen LogP contribution in [-0.4, -0.2) is 21.5 Å². The van der Waals surface area contributed by atoms with Gasteiger partial charge in [0.15, 0.2) is 10.7 Å². The third-order valence-corrected chi connectivity index (χ3v) is 6.32. The first-order valence-corrected chi connectivity index (χ1v) is 11.5. The summed E-state index contributed by atoms with van der Waals surface area (Å²) in [6.45, 7) is 7.92. The van der Waals surface area contributed by atoms with Crippen LogP contribution in [0.2, 0.25) is 5.02 Å². The van der Waals surface area contributed by atoms with E-state index in [1.165, 1.54) is 16.9 Å². The number of halogens is 1. The van der Waals surface area contributed by atoms with Crippen LogP contribution in [0.3, 0.4) is 0 Å². The maximum atomic E-state index is 13.8. The van der Waals surface area contributed by atoms with E-state index in [9.17, 15) is 4.79 Å². The molecule has 0 aliphatic carbocycles. The summed E-state index contributed by atoms with van der Waals surface area (Å²) in [5, 5.41) is 1.23. The third kappa shape index (κ3) is 4.76. The molecule has 1 amide bonds. The minimum Gasteiger partial charge on any atom is -0.478 e. The van der Waals surface area contributed by atoms with E-state index in [1.54, 1.807) is 49.2 Å². The highest BCUT2D eigenvalue weighted by Crippen LogP contribution is 2.34. The Labute approximate surface area is 196 Å². The van der Waals surface area contributed by atoms with Crippen molar-refractivity contribution >= 4 is 44.2 Å². The Hall–Kier alpha value is -2.96. The number of pyridine rings is 1. The van der Waals surface area contributed by atoms with Crippen LogP contribution in [0.15, 0.2) is 60.8 Å². The molecule has 0 saturated heterocycles. The molecule has 0 atom stereocenters. The summed E-state index contributed by atoms with van der Waals surface area (Å²) in [6.07, 6.45) is 1.72. The van der Waals surface area contributed by atoms with E-state index in [1.807, 2.05) is 25.1 Å². The van der Waals surface area contributed by atoms with Crippen LogP contribution in [0.4, 0.5) is 5.13 Å². The van der Waals surface area contributed by atoms with Crippen molar-refractivity contribution in [3.8, 4) is 5.75 Å². The molecular weight excluding hydrogens is 442 g/mol. The van der Waals surface area contributed by atoms with E-state index in [4.69, 9.17) is 21.3 Å². The van der Waals surface area contributed by atoms with Gasteiger partial charge in [-0.2, -0.15) is 0 Å². The number of nitrogens with zero attached hydrogens (tertiary/aromatic N) is 3. The van der Waals surface area contributed by atoms with Gasteiger partial charge in [0.25, 0.3) is 5.91 Å². The van der Waals surface area contributed by atoms with Crippen molar-refractivity contribution in [2.75, 3.05) is 4.90 Å². The van der Waals surface area contributed by atoms with Crippen molar-refractivity contribution in [3.63, 3.8) is 0 Å². The molecule has 4 rings (SSSR count). The molecule has 164 valence electrons. The summed E-state index contributed by atoms with van der Waals surface area (Å²) >= 11 is 7.48. The van der Waals surface area contributed by atoms with Crippen LogP contribution in [0, 0.1) is 13.8 Å². The second-order valence-corrected chi connectivity index (χ2v) is 9.65.